The Morgan fingerprint density at radius 2 is 1.85 bits per heavy atom. The lowest BCUT2D eigenvalue weighted by atomic mass is 10.2. The molecule has 0 saturated carbocycles. The molecule has 0 aliphatic heterocycles. The van der Waals surface area contributed by atoms with Crippen molar-refractivity contribution in [2.75, 3.05) is 32.6 Å². The van der Waals surface area contributed by atoms with E-state index in [4.69, 9.17) is 9.84 Å². The highest BCUT2D eigenvalue weighted by Gasteiger charge is 2.05. The minimum Gasteiger partial charge on any atom is -0.492 e. The van der Waals surface area contributed by atoms with E-state index >= 15 is 0 Å². The Morgan fingerprint density at radius 1 is 1.20 bits per heavy atom. The van der Waals surface area contributed by atoms with Crippen LogP contribution < -0.4 is 10.1 Å². The minimum atomic E-state index is -0.982. The molecule has 1 aromatic carbocycles. The first-order valence-corrected chi connectivity index (χ1v) is 6.36. The van der Waals surface area contributed by atoms with Gasteiger partial charge in [0, 0.05) is 18.7 Å². The summed E-state index contributed by atoms with van der Waals surface area (Å²) in [5.74, 6) is -0.561. The van der Waals surface area contributed by atoms with Crippen LogP contribution >= 0.6 is 0 Å². The van der Waals surface area contributed by atoms with Crippen molar-refractivity contribution in [3.63, 3.8) is 0 Å². The van der Waals surface area contributed by atoms with Crippen molar-refractivity contribution >= 4 is 17.6 Å². The number of carboxylic acid groups (broad SMARTS) is 1. The van der Waals surface area contributed by atoms with Crippen molar-refractivity contribution in [2.45, 2.75) is 12.8 Å². The molecule has 0 fully saturated rings. The smallest absolute Gasteiger partial charge is 0.303 e. The van der Waals surface area contributed by atoms with Crippen molar-refractivity contribution in [1.82, 2.24) is 4.90 Å². The fraction of sp³-hybridized carbons (Fsp3) is 0.429. The molecule has 2 N–H and O–H groups in total. The van der Waals surface area contributed by atoms with Crippen LogP contribution in [-0.4, -0.2) is 49.1 Å². The molecule has 20 heavy (non-hydrogen) atoms. The van der Waals surface area contributed by atoms with E-state index in [0.717, 1.165) is 12.3 Å². The largest absolute Gasteiger partial charge is 0.492 e. The molecule has 0 aliphatic rings. The lowest BCUT2D eigenvalue weighted by molar-refractivity contribution is -0.138. The van der Waals surface area contributed by atoms with Gasteiger partial charge in [0.1, 0.15) is 12.4 Å². The number of aliphatic carboxylic acids is 1. The van der Waals surface area contributed by atoms with Crippen LogP contribution in [0, 0.1) is 0 Å². The van der Waals surface area contributed by atoms with E-state index < -0.39 is 5.97 Å². The number of carbonyl (C=O) groups excluding carboxylic acids is 1. The van der Waals surface area contributed by atoms with Crippen molar-refractivity contribution in [3.8, 4) is 5.75 Å². The number of amides is 1. The lowest BCUT2D eigenvalue weighted by Crippen LogP contribution is -2.19. The van der Waals surface area contributed by atoms with Gasteiger partial charge in [0.15, 0.2) is 0 Å². The summed E-state index contributed by atoms with van der Waals surface area (Å²) in [5, 5.41) is 11.1. The lowest BCUT2D eigenvalue weighted by Gasteiger charge is -2.11. The number of benzene rings is 1. The summed E-state index contributed by atoms with van der Waals surface area (Å²) in [6, 6.07) is 6.98. The minimum absolute atomic E-state index is 0.0313. The Bertz CT molecular complexity index is 443. The second kappa shape index (κ2) is 8.16. The number of rotatable bonds is 8. The summed E-state index contributed by atoms with van der Waals surface area (Å²) in [6.45, 7) is 1.42. The standard InChI is InChI=1S/C14H20N2O4/c1-16(2)9-10-20-12-5-3-11(4-6-12)15-13(17)7-8-14(18)19/h3-6H,7-10H2,1-2H3,(H,15,17)(H,18,19). The highest BCUT2D eigenvalue weighted by Crippen LogP contribution is 2.15. The molecular formula is C14H20N2O4. The predicted octanol–water partition coefficient (Wildman–Crippen LogP) is 1.43. The topological polar surface area (TPSA) is 78.9 Å². The third-order valence-electron chi connectivity index (χ3n) is 2.51. The van der Waals surface area contributed by atoms with Gasteiger partial charge in [-0.2, -0.15) is 0 Å². The van der Waals surface area contributed by atoms with E-state index in [1.165, 1.54) is 0 Å². The monoisotopic (exact) mass is 280 g/mol. The second-order valence-corrected chi connectivity index (χ2v) is 4.62. The summed E-state index contributed by atoms with van der Waals surface area (Å²) in [4.78, 5) is 23.8. The second-order valence-electron chi connectivity index (χ2n) is 4.62. The summed E-state index contributed by atoms with van der Waals surface area (Å²) >= 11 is 0. The van der Waals surface area contributed by atoms with Gasteiger partial charge in [-0.1, -0.05) is 0 Å². The first-order valence-electron chi connectivity index (χ1n) is 6.36. The van der Waals surface area contributed by atoms with Crippen LogP contribution in [0.1, 0.15) is 12.8 Å². The molecule has 1 aromatic rings. The fourth-order valence-electron chi connectivity index (χ4n) is 1.42. The van der Waals surface area contributed by atoms with Crippen molar-refractivity contribution in [1.29, 1.82) is 0 Å². The number of hydrogen-bond acceptors (Lipinski definition) is 4. The van der Waals surface area contributed by atoms with Gasteiger partial charge in [-0.15, -0.1) is 0 Å². The molecular weight excluding hydrogens is 260 g/mol. The Hall–Kier alpha value is -2.08. The molecule has 0 aromatic heterocycles. The van der Waals surface area contributed by atoms with Crippen LogP contribution in [0.2, 0.25) is 0 Å². The molecule has 0 atom stereocenters. The Balaban J connectivity index is 2.38. The molecule has 6 nitrogen and oxygen atoms in total. The highest BCUT2D eigenvalue weighted by atomic mass is 16.5. The summed E-state index contributed by atoms with van der Waals surface area (Å²) in [6.07, 6.45) is -0.200. The average molecular weight is 280 g/mol. The van der Waals surface area contributed by atoms with E-state index in [1.807, 2.05) is 19.0 Å². The molecule has 0 bridgehead atoms. The molecule has 110 valence electrons. The third-order valence-corrected chi connectivity index (χ3v) is 2.51. The van der Waals surface area contributed by atoms with Crippen LogP contribution in [0.25, 0.3) is 0 Å². The van der Waals surface area contributed by atoms with E-state index in [1.54, 1.807) is 24.3 Å². The van der Waals surface area contributed by atoms with Gasteiger partial charge in [0.05, 0.1) is 6.42 Å². The normalized spacial score (nSPS) is 10.3. The zero-order valence-electron chi connectivity index (χ0n) is 11.8. The van der Waals surface area contributed by atoms with Gasteiger partial charge in [-0.3, -0.25) is 9.59 Å². The number of nitrogens with one attached hydrogen (secondary N) is 1. The number of ether oxygens (including phenoxy) is 1. The summed E-state index contributed by atoms with van der Waals surface area (Å²) in [5.41, 5.74) is 0.625. The van der Waals surface area contributed by atoms with Crippen LogP contribution in [0.3, 0.4) is 0 Å². The van der Waals surface area contributed by atoms with Gasteiger partial charge in [0.2, 0.25) is 5.91 Å². The van der Waals surface area contributed by atoms with E-state index in [-0.39, 0.29) is 18.7 Å². The molecule has 6 heteroatoms. The first kappa shape index (κ1) is 16.0. The van der Waals surface area contributed by atoms with E-state index in [9.17, 15) is 9.59 Å². The number of hydrogen-bond donors (Lipinski definition) is 2. The molecule has 0 saturated heterocycles. The van der Waals surface area contributed by atoms with Crippen LogP contribution in [-0.2, 0) is 9.59 Å². The molecule has 0 heterocycles. The van der Waals surface area contributed by atoms with Crippen molar-refractivity contribution in [2.24, 2.45) is 0 Å². The number of carbonyl (C=O) groups is 2. The van der Waals surface area contributed by atoms with Crippen molar-refractivity contribution < 1.29 is 19.4 Å². The Kier molecular flexibility index (Phi) is 6.52. The van der Waals surface area contributed by atoms with E-state index in [2.05, 4.69) is 5.32 Å². The molecule has 0 radical (unpaired) electrons. The summed E-state index contributed by atoms with van der Waals surface area (Å²) in [7, 11) is 3.94. The SMILES string of the molecule is CN(C)CCOc1ccc(NC(=O)CCC(=O)O)cc1. The van der Waals surface area contributed by atoms with Crippen LogP contribution in [0.4, 0.5) is 5.69 Å². The quantitative estimate of drug-likeness (QED) is 0.753. The molecule has 1 amide bonds. The molecule has 1 rings (SSSR count). The maximum Gasteiger partial charge on any atom is 0.303 e. The zero-order chi connectivity index (χ0) is 15.0. The average Bonchev–Trinajstić information content (AvgIpc) is 2.38. The maximum absolute atomic E-state index is 11.4. The third kappa shape index (κ3) is 6.75. The van der Waals surface area contributed by atoms with Gasteiger partial charge in [-0.25, -0.2) is 0 Å². The highest BCUT2D eigenvalue weighted by molar-refractivity contribution is 5.92. The van der Waals surface area contributed by atoms with Gasteiger partial charge < -0.3 is 20.1 Å². The van der Waals surface area contributed by atoms with Gasteiger partial charge in [0.25, 0.3) is 0 Å². The number of anilines is 1. The van der Waals surface area contributed by atoms with Crippen LogP contribution in [0.5, 0.6) is 5.75 Å². The predicted molar refractivity (Wildman–Crippen MR) is 76.0 cm³/mol. The Morgan fingerprint density at radius 3 is 2.40 bits per heavy atom. The maximum atomic E-state index is 11.4. The zero-order valence-corrected chi connectivity index (χ0v) is 11.8. The van der Waals surface area contributed by atoms with Crippen molar-refractivity contribution in [3.05, 3.63) is 24.3 Å². The summed E-state index contributed by atoms with van der Waals surface area (Å²) < 4.78 is 5.52. The van der Waals surface area contributed by atoms with Gasteiger partial charge in [-0.05, 0) is 38.4 Å². The van der Waals surface area contributed by atoms with Crippen LogP contribution in [0.15, 0.2) is 24.3 Å². The fourth-order valence-corrected chi connectivity index (χ4v) is 1.42. The Labute approximate surface area is 118 Å². The molecule has 0 unspecified atom stereocenters. The number of nitrogens with zero attached hydrogens (tertiary/aromatic N) is 1. The molecule has 0 spiro atoms. The van der Waals surface area contributed by atoms with E-state index in [0.29, 0.717) is 12.3 Å². The first-order chi connectivity index (χ1) is 9.47. The number of likely N-dealkylation sites (N-methyl/N-ethyl adjacent to an activating group) is 1. The van der Waals surface area contributed by atoms with Gasteiger partial charge >= 0.3 is 5.97 Å². The molecule has 0 aliphatic carbocycles. The number of carboxylic acids is 1.